The lowest BCUT2D eigenvalue weighted by Crippen LogP contribution is -2.19. The molecule has 0 bridgehead atoms. The summed E-state index contributed by atoms with van der Waals surface area (Å²) in [5, 5.41) is 3.32. The van der Waals surface area contributed by atoms with Crippen LogP contribution in [-0.2, 0) is 6.42 Å². The molecule has 0 aliphatic heterocycles. The molecule has 0 saturated heterocycles. The summed E-state index contributed by atoms with van der Waals surface area (Å²) < 4.78 is 5.47. The molecule has 0 unspecified atom stereocenters. The number of carbonyl (C=O) groups is 1. The van der Waals surface area contributed by atoms with Gasteiger partial charge in [0, 0.05) is 6.04 Å². The summed E-state index contributed by atoms with van der Waals surface area (Å²) in [5.41, 5.74) is 3.01. The fourth-order valence-electron chi connectivity index (χ4n) is 2.78. The Balaban J connectivity index is 1.76. The highest BCUT2D eigenvalue weighted by Gasteiger charge is 2.22. The third kappa shape index (κ3) is 3.03. The molecule has 0 spiro atoms. The Morgan fingerprint density at radius 2 is 2.09 bits per heavy atom. The van der Waals surface area contributed by atoms with E-state index in [0.29, 0.717) is 17.9 Å². The quantitative estimate of drug-likeness (QED) is 0.534. The first-order valence-corrected chi connectivity index (χ1v) is 7.35. The molecule has 1 atom stereocenters. The monoisotopic (exact) mass is 291 g/mol. The Kier molecular flexibility index (Phi) is 4.22. The minimum Gasteiger partial charge on any atom is -0.423 e. The van der Waals surface area contributed by atoms with E-state index in [9.17, 15) is 4.79 Å². The van der Waals surface area contributed by atoms with Crippen molar-refractivity contribution in [2.24, 2.45) is 0 Å². The van der Waals surface area contributed by atoms with Gasteiger partial charge in [0.05, 0.1) is 12.1 Å². The number of hydrogen-bond donors (Lipinski definition) is 1. The fourth-order valence-corrected chi connectivity index (χ4v) is 2.78. The number of aryl methyl sites for hydroxylation is 1. The number of rotatable bonds is 4. The molecule has 0 amide bonds. The van der Waals surface area contributed by atoms with Gasteiger partial charge in [-0.3, -0.25) is 5.32 Å². The third-order valence-corrected chi connectivity index (χ3v) is 3.87. The Morgan fingerprint density at radius 3 is 2.86 bits per heavy atom. The number of esters is 1. The van der Waals surface area contributed by atoms with Crippen molar-refractivity contribution in [3.63, 3.8) is 0 Å². The molecule has 0 saturated carbocycles. The Bertz CT molecular complexity index is 716. The van der Waals surface area contributed by atoms with E-state index in [-0.39, 0.29) is 12.0 Å². The predicted molar refractivity (Wildman–Crippen MR) is 85.7 cm³/mol. The summed E-state index contributed by atoms with van der Waals surface area (Å²) >= 11 is 0. The fraction of sp³-hybridized carbons (Fsp3) is 0.211. The van der Waals surface area contributed by atoms with E-state index in [1.807, 2.05) is 36.4 Å². The lowest BCUT2D eigenvalue weighted by Gasteiger charge is -2.13. The molecule has 0 radical (unpaired) electrons. The summed E-state index contributed by atoms with van der Waals surface area (Å²) in [7, 11) is 0. The van der Waals surface area contributed by atoms with Gasteiger partial charge in [0.15, 0.2) is 0 Å². The van der Waals surface area contributed by atoms with Crippen LogP contribution in [0.25, 0.3) is 0 Å². The zero-order valence-corrected chi connectivity index (χ0v) is 12.2. The number of hydrogen-bond acceptors (Lipinski definition) is 3. The van der Waals surface area contributed by atoms with Crippen LogP contribution in [-0.4, -0.2) is 12.5 Å². The Morgan fingerprint density at radius 1 is 1.27 bits per heavy atom. The highest BCUT2D eigenvalue weighted by molar-refractivity contribution is 5.91. The van der Waals surface area contributed by atoms with Crippen molar-refractivity contribution in [3.05, 3.63) is 65.2 Å². The van der Waals surface area contributed by atoms with Gasteiger partial charge in [-0.2, -0.15) is 0 Å². The minimum absolute atomic E-state index is 0.237. The first-order chi connectivity index (χ1) is 10.8. The number of ether oxygens (including phenoxy) is 1. The van der Waals surface area contributed by atoms with Crippen LogP contribution in [0, 0.1) is 12.3 Å². The van der Waals surface area contributed by atoms with E-state index in [1.54, 1.807) is 12.1 Å². The van der Waals surface area contributed by atoms with Gasteiger partial charge in [-0.1, -0.05) is 30.2 Å². The van der Waals surface area contributed by atoms with E-state index in [0.717, 1.165) is 12.8 Å². The van der Waals surface area contributed by atoms with Crippen LogP contribution < -0.4 is 10.1 Å². The van der Waals surface area contributed by atoms with Crippen molar-refractivity contribution in [1.29, 1.82) is 0 Å². The van der Waals surface area contributed by atoms with E-state index in [4.69, 9.17) is 11.2 Å². The lowest BCUT2D eigenvalue weighted by molar-refractivity contribution is 0.0734. The Hall–Kier alpha value is -2.57. The topological polar surface area (TPSA) is 38.3 Å². The molecule has 110 valence electrons. The van der Waals surface area contributed by atoms with Gasteiger partial charge in [-0.15, -0.1) is 6.42 Å². The van der Waals surface area contributed by atoms with Crippen LogP contribution in [0.5, 0.6) is 5.75 Å². The molecule has 2 aromatic rings. The maximum Gasteiger partial charge on any atom is 0.343 e. The second-order valence-corrected chi connectivity index (χ2v) is 5.29. The van der Waals surface area contributed by atoms with Crippen LogP contribution in [0.15, 0.2) is 48.5 Å². The van der Waals surface area contributed by atoms with Gasteiger partial charge in [-0.25, -0.2) is 4.79 Å². The smallest absolute Gasteiger partial charge is 0.343 e. The van der Waals surface area contributed by atoms with Crippen LogP contribution in [0.2, 0.25) is 0 Å². The third-order valence-electron chi connectivity index (χ3n) is 3.87. The molecule has 3 heteroatoms. The van der Waals surface area contributed by atoms with Crippen molar-refractivity contribution in [2.45, 2.75) is 18.9 Å². The van der Waals surface area contributed by atoms with Gasteiger partial charge in [-0.05, 0) is 48.2 Å². The van der Waals surface area contributed by atoms with Crippen LogP contribution in [0.1, 0.15) is 33.9 Å². The van der Waals surface area contributed by atoms with Crippen molar-refractivity contribution in [2.75, 3.05) is 6.54 Å². The average Bonchev–Trinajstić information content (AvgIpc) is 2.96. The number of fused-ring (bicyclic) bond motifs is 1. The SMILES string of the molecule is C#CCN[C@@H]1CCc2ccc(OC(=O)c3ccccc3)cc21. The number of terminal acetylenes is 1. The van der Waals surface area contributed by atoms with Crippen molar-refractivity contribution in [3.8, 4) is 18.1 Å². The second-order valence-electron chi connectivity index (χ2n) is 5.29. The zero-order chi connectivity index (χ0) is 15.4. The molecule has 1 N–H and O–H groups in total. The van der Waals surface area contributed by atoms with E-state index >= 15 is 0 Å². The van der Waals surface area contributed by atoms with Crippen molar-refractivity contribution >= 4 is 5.97 Å². The lowest BCUT2D eigenvalue weighted by atomic mass is 10.1. The van der Waals surface area contributed by atoms with Gasteiger partial charge in [0.2, 0.25) is 0 Å². The molecule has 22 heavy (non-hydrogen) atoms. The normalized spacial score (nSPS) is 15.9. The molecule has 3 rings (SSSR count). The number of nitrogens with one attached hydrogen (secondary N) is 1. The summed E-state index contributed by atoms with van der Waals surface area (Å²) in [5.74, 6) is 2.83. The van der Waals surface area contributed by atoms with Gasteiger partial charge >= 0.3 is 5.97 Å². The van der Waals surface area contributed by atoms with Gasteiger partial charge in [0.25, 0.3) is 0 Å². The molecular weight excluding hydrogens is 274 g/mol. The Labute approximate surface area is 130 Å². The molecule has 2 aromatic carbocycles. The summed E-state index contributed by atoms with van der Waals surface area (Å²) in [6.07, 6.45) is 7.34. The second kappa shape index (κ2) is 6.46. The van der Waals surface area contributed by atoms with Crippen molar-refractivity contribution < 1.29 is 9.53 Å². The predicted octanol–water partition coefficient (Wildman–Crippen LogP) is 3.12. The summed E-state index contributed by atoms with van der Waals surface area (Å²) in [6, 6.07) is 15.1. The molecular formula is C19H17NO2. The molecule has 0 fully saturated rings. The molecule has 1 aliphatic rings. The average molecular weight is 291 g/mol. The van der Waals surface area contributed by atoms with E-state index < -0.39 is 0 Å². The summed E-state index contributed by atoms with van der Waals surface area (Å²) in [4.78, 5) is 12.1. The molecule has 0 aromatic heterocycles. The molecule has 0 heterocycles. The standard InChI is InChI=1S/C19H17NO2/c1-2-12-20-18-11-9-14-8-10-16(13-17(14)18)22-19(21)15-6-4-3-5-7-15/h1,3-8,10,13,18,20H,9,11-12H2/t18-/m1/s1. The zero-order valence-electron chi connectivity index (χ0n) is 12.2. The van der Waals surface area contributed by atoms with Crippen molar-refractivity contribution in [1.82, 2.24) is 5.32 Å². The van der Waals surface area contributed by atoms with Gasteiger partial charge < -0.3 is 4.74 Å². The molecule has 1 aliphatic carbocycles. The largest absolute Gasteiger partial charge is 0.423 e. The minimum atomic E-state index is -0.341. The first kappa shape index (κ1) is 14.4. The van der Waals surface area contributed by atoms with Gasteiger partial charge in [0.1, 0.15) is 5.75 Å². The highest BCUT2D eigenvalue weighted by atomic mass is 16.5. The first-order valence-electron chi connectivity index (χ1n) is 7.35. The maximum absolute atomic E-state index is 12.1. The molecule has 3 nitrogen and oxygen atoms in total. The van der Waals surface area contributed by atoms with E-state index in [1.165, 1.54) is 11.1 Å². The highest BCUT2D eigenvalue weighted by Crippen LogP contribution is 2.33. The maximum atomic E-state index is 12.1. The summed E-state index contributed by atoms with van der Waals surface area (Å²) in [6.45, 7) is 0.540. The van der Waals surface area contributed by atoms with E-state index in [2.05, 4.69) is 11.2 Å². The van der Waals surface area contributed by atoms with Crippen LogP contribution in [0.4, 0.5) is 0 Å². The van der Waals surface area contributed by atoms with Crippen LogP contribution >= 0.6 is 0 Å². The number of carbonyl (C=O) groups excluding carboxylic acids is 1. The number of benzene rings is 2. The van der Waals surface area contributed by atoms with Crippen LogP contribution in [0.3, 0.4) is 0 Å².